The molecule has 0 aliphatic heterocycles. The molecule has 0 amide bonds. The van der Waals surface area contributed by atoms with Crippen molar-refractivity contribution in [3.05, 3.63) is 12.2 Å². The third-order valence-corrected chi connectivity index (χ3v) is 6.66. The highest BCUT2D eigenvalue weighted by atomic mass is 16.1. The normalized spacial score (nSPS) is 40.9. The molecule has 0 aromatic rings. The summed E-state index contributed by atoms with van der Waals surface area (Å²) in [7, 11) is 0. The Morgan fingerprint density at radius 1 is 1.10 bits per heavy atom. The van der Waals surface area contributed by atoms with Gasteiger partial charge in [0, 0.05) is 12.3 Å². The first-order valence-corrected chi connectivity index (χ1v) is 8.73. The number of Topliss-reactive ketones (excluding diaryl/α,β-unsaturated/α-hetero) is 1. The quantitative estimate of drug-likeness (QED) is 0.659. The molecule has 3 aliphatic rings. The van der Waals surface area contributed by atoms with Gasteiger partial charge in [0.1, 0.15) is 5.78 Å². The number of carbonyl (C=O) groups excluding carboxylic acids is 1. The van der Waals surface area contributed by atoms with E-state index in [0.29, 0.717) is 23.0 Å². The van der Waals surface area contributed by atoms with Gasteiger partial charge in [-0.05, 0) is 67.6 Å². The fourth-order valence-electron chi connectivity index (χ4n) is 5.10. The molecule has 1 unspecified atom stereocenters. The predicted octanol–water partition coefficient (Wildman–Crippen LogP) is 5.01. The monoisotopic (exact) mass is 274 g/mol. The molecule has 3 rings (SSSR count). The lowest BCUT2D eigenvalue weighted by molar-refractivity contribution is -0.129. The van der Waals surface area contributed by atoms with Crippen LogP contribution >= 0.6 is 0 Å². The number of ketones is 1. The number of hydrogen-bond acceptors (Lipinski definition) is 1. The number of carbonyl (C=O) groups is 1. The minimum absolute atomic E-state index is 0.294. The third-order valence-electron chi connectivity index (χ3n) is 6.66. The molecule has 3 fully saturated rings. The second-order valence-electron chi connectivity index (χ2n) is 8.00. The summed E-state index contributed by atoms with van der Waals surface area (Å²) in [5.74, 6) is 4.01. The predicted molar refractivity (Wildman–Crippen MR) is 83.4 cm³/mol. The molecule has 112 valence electrons. The highest BCUT2D eigenvalue weighted by Gasteiger charge is 2.51. The molecular weight excluding hydrogens is 244 g/mol. The second kappa shape index (κ2) is 5.31. The Morgan fingerprint density at radius 3 is 2.50 bits per heavy atom. The van der Waals surface area contributed by atoms with Crippen LogP contribution in [0.4, 0.5) is 0 Å². The van der Waals surface area contributed by atoms with Crippen molar-refractivity contribution >= 4 is 5.78 Å². The first-order chi connectivity index (χ1) is 9.52. The Bertz CT molecular complexity index is 406. The number of rotatable bonds is 4. The van der Waals surface area contributed by atoms with E-state index in [2.05, 4.69) is 32.9 Å². The van der Waals surface area contributed by atoms with E-state index in [0.717, 1.165) is 37.0 Å². The second-order valence-corrected chi connectivity index (χ2v) is 8.00. The van der Waals surface area contributed by atoms with E-state index in [9.17, 15) is 4.79 Å². The van der Waals surface area contributed by atoms with Crippen molar-refractivity contribution < 1.29 is 4.79 Å². The molecule has 0 radical (unpaired) electrons. The molecule has 5 atom stereocenters. The molecule has 3 aliphatic carbocycles. The van der Waals surface area contributed by atoms with Gasteiger partial charge in [0.25, 0.3) is 0 Å². The molecule has 0 saturated heterocycles. The van der Waals surface area contributed by atoms with Crippen molar-refractivity contribution in [1.29, 1.82) is 0 Å². The van der Waals surface area contributed by atoms with Gasteiger partial charge in [-0.15, -0.1) is 0 Å². The fourth-order valence-corrected chi connectivity index (χ4v) is 5.10. The molecule has 3 saturated carbocycles. The van der Waals surface area contributed by atoms with Crippen LogP contribution in [0.5, 0.6) is 0 Å². The van der Waals surface area contributed by atoms with Crippen LogP contribution in [0.15, 0.2) is 12.2 Å². The fraction of sp³-hybridized carbons (Fsp3) is 0.842. The van der Waals surface area contributed by atoms with Gasteiger partial charge < -0.3 is 0 Å². The topological polar surface area (TPSA) is 17.1 Å². The molecule has 1 heteroatoms. The van der Waals surface area contributed by atoms with E-state index in [-0.39, 0.29) is 0 Å². The minimum atomic E-state index is 0.294. The molecule has 0 bridgehead atoms. The molecule has 0 aromatic carbocycles. The zero-order chi connectivity index (χ0) is 14.3. The maximum atomic E-state index is 12.2. The van der Waals surface area contributed by atoms with Gasteiger partial charge in [-0.3, -0.25) is 4.79 Å². The van der Waals surface area contributed by atoms with Crippen LogP contribution in [0, 0.1) is 35.0 Å². The van der Waals surface area contributed by atoms with E-state index in [1.165, 1.54) is 25.7 Å². The van der Waals surface area contributed by atoms with Crippen LogP contribution in [0.2, 0.25) is 0 Å². The average molecular weight is 274 g/mol. The van der Waals surface area contributed by atoms with Crippen molar-refractivity contribution in [3.63, 3.8) is 0 Å². The summed E-state index contributed by atoms with van der Waals surface area (Å²) >= 11 is 0. The van der Waals surface area contributed by atoms with Crippen molar-refractivity contribution in [3.8, 4) is 0 Å². The van der Waals surface area contributed by atoms with Crippen molar-refractivity contribution in [2.24, 2.45) is 35.0 Å². The highest BCUT2D eigenvalue weighted by molar-refractivity contribution is 5.83. The molecular formula is C19H30O. The number of fused-ring (bicyclic) bond motifs is 1. The summed E-state index contributed by atoms with van der Waals surface area (Å²) in [6.07, 6.45) is 13.4. The Hall–Kier alpha value is -0.590. The maximum Gasteiger partial charge on any atom is 0.136 e. The van der Waals surface area contributed by atoms with Crippen LogP contribution in [-0.4, -0.2) is 5.78 Å². The highest BCUT2D eigenvalue weighted by Crippen LogP contribution is 2.56. The lowest BCUT2D eigenvalue weighted by Crippen LogP contribution is -2.39. The van der Waals surface area contributed by atoms with Crippen LogP contribution in [0.3, 0.4) is 0 Å². The summed E-state index contributed by atoms with van der Waals surface area (Å²) in [5.41, 5.74) is 0.294. The first-order valence-electron chi connectivity index (χ1n) is 8.73. The van der Waals surface area contributed by atoms with Gasteiger partial charge in [-0.2, -0.15) is 0 Å². The van der Waals surface area contributed by atoms with Crippen LogP contribution in [-0.2, 0) is 4.79 Å². The van der Waals surface area contributed by atoms with Gasteiger partial charge in [0.05, 0.1) is 0 Å². The lowest BCUT2D eigenvalue weighted by atomic mass is 9.62. The summed E-state index contributed by atoms with van der Waals surface area (Å²) in [6.45, 7) is 7.15. The average Bonchev–Trinajstić information content (AvgIpc) is 3.18. The summed E-state index contributed by atoms with van der Waals surface area (Å²) < 4.78 is 0. The lowest BCUT2D eigenvalue weighted by Gasteiger charge is -2.41. The zero-order valence-electron chi connectivity index (χ0n) is 13.4. The molecule has 20 heavy (non-hydrogen) atoms. The molecule has 0 heterocycles. The SMILES string of the molecule is C[C@H](/C=C/[C@@H](C)C1CC[C@H]2C(=O)CCC[C@]12C)C1CC1. The summed E-state index contributed by atoms with van der Waals surface area (Å²) in [4.78, 5) is 12.2. The van der Waals surface area contributed by atoms with E-state index >= 15 is 0 Å². The van der Waals surface area contributed by atoms with Gasteiger partial charge in [-0.1, -0.05) is 32.9 Å². The van der Waals surface area contributed by atoms with Crippen molar-refractivity contribution in [1.82, 2.24) is 0 Å². The van der Waals surface area contributed by atoms with Gasteiger partial charge in [0.2, 0.25) is 0 Å². The van der Waals surface area contributed by atoms with Crippen LogP contribution in [0.1, 0.15) is 65.7 Å². The maximum absolute atomic E-state index is 12.2. The molecule has 0 N–H and O–H groups in total. The Balaban J connectivity index is 1.68. The van der Waals surface area contributed by atoms with E-state index < -0.39 is 0 Å². The largest absolute Gasteiger partial charge is 0.299 e. The third kappa shape index (κ3) is 2.49. The van der Waals surface area contributed by atoms with Crippen molar-refractivity contribution in [2.75, 3.05) is 0 Å². The smallest absolute Gasteiger partial charge is 0.136 e. The van der Waals surface area contributed by atoms with E-state index in [1.54, 1.807) is 0 Å². The van der Waals surface area contributed by atoms with E-state index in [4.69, 9.17) is 0 Å². The van der Waals surface area contributed by atoms with Crippen molar-refractivity contribution in [2.45, 2.75) is 65.7 Å². The summed E-state index contributed by atoms with van der Waals surface area (Å²) in [5, 5.41) is 0. The molecule has 0 spiro atoms. The first kappa shape index (κ1) is 14.4. The summed E-state index contributed by atoms with van der Waals surface area (Å²) in [6, 6.07) is 0. The van der Waals surface area contributed by atoms with Crippen LogP contribution in [0.25, 0.3) is 0 Å². The molecule has 1 nitrogen and oxygen atoms in total. The Morgan fingerprint density at radius 2 is 1.80 bits per heavy atom. The van der Waals surface area contributed by atoms with Gasteiger partial charge in [-0.25, -0.2) is 0 Å². The molecule has 0 aromatic heterocycles. The Labute approximate surface area is 124 Å². The van der Waals surface area contributed by atoms with Crippen LogP contribution < -0.4 is 0 Å². The number of hydrogen-bond donors (Lipinski definition) is 0. The van der Waals surface area contributed by atoms with E-state index in [1.807, 2.05) is 0 Å². The zero-order valence-corrected chi connectivity index (χ0v) is 13.4. The standard InChI is InChI=1S/C19H30O/c1-13(15-8-9-15)6-7-14(2)16-10-11-17-18(20)5-4-12-19(16,17)3/h6-7,13-17H,4-5,8-12H2,1-3H3/b7-6+/t13-,14-,16?,17+,19-/m1/s1. The number of allylic oxidation sites excluding steroid dienone is 2. The Kier molecular flexibility index (Phi) is 3.81. The van der Waals surface area contributed by atoms with Gasteiger partial charge >= 0.3 is 0 Å². The minimum Gasteiger partial charge on any atom is -0.299 e. The van der Waals surface area contributed by atoms with Gasteiger partial charge in [0.15, 0.2) is 0 Å².